The first kappa shape index (κ1) is 13.9. The molecule has 0 unspecified atom stereocenters. The van der Waals surface area contributed by atoms with E-state index in [4.69, 9.17) is 11.6 Å². The molecule has 0 saturated heterocycles. The van der Waals surface area contributed by atoms with Gasteiger partial charge in [0.15, 0.2) is 0 Å². The van der Waals surface area contributed by atoms with Crippen LogP contribution in [0.1, 0.15) is 21.6 Å². The third kappa shape index (κ3) is 2.24. The number of rotatable bonds is 2. The molecule has 0 atom stereocenters. The number of benzene rings is 2. The van der Waals surface area contributed by atoms with Crippen molar-refractivity contribution in [2.45, 2.75) is 13.5 Å². The Hall–Kier alpha value is -2.10. The average molecular weight is 300 g/mol. The molecule has 0 aliphatic rings. The topological polar surface area (TPSA) is 42.2 Å². The maximum absolute atomic E-state index is 12.8. The van der Waals surface area contributed by atoms with Crippen LogP contribution in [-0.2, 0) is 6.61 Å². The zero-order chi connectivity index (χ0) is 15.0. The first-order valence-electron chi connectivity index (χ1n) is 6.63. The van der Waals surface area contributed by atoms with Gasteiger partial charge in [0.1, 0.15) is 0 Å². The van der Waals surface area contributed by atoms with Gasteiger partial charge in [0.05, 0.1) is 12.1 Å². The van der Waals surface area contributed by atoms with Gasteiger partial charge in [0.2, 0.25) is 0 Å². The van der Waals surface area contributed by atoms with Crippen LogP contribution in [0.4, 0.5) is 0 Å². The van der Waals surface area contributed by atoms with Gasteiger partial charge < -0.3 is 5.11 Å². The lowest BCUT2D eigenvalue weighted by Gasteiger charge is -2.07. The SMILES string of the molecule is Cc1c(CO)c2ccccc2n1C(=O)c1ccc(Cl)cc1. The number of hydrogen-bond acceptors (Lipinski definition) is 2. The average Bonchev–Trinajstić information content (AvgIpc) is 2.78. The van der Waals surface area contributed by atoms with E-state index < -0.39 is 0 Å². The molecule has 21 heavy (non-hydrogen) atoms. The molecule has 3 nitrogen and oxygen atoms in total. The second kappa shape index (κ2) is 5.35. The molecule has 1 aromatic heterocycles. The predicted molar refractivity (Wildman–Crippen MR) is 83.8 cm³/mol. The van der Waals surface area contributed by atoms with Crippen molar-refractivity contribution >= 4 is 28.4 Å². The second-order valence-electron chi connectivity index (χ2n) is 4.89. The van der Waals surface area contributed by atoms with Crippen molar-refractivity contribution in [1.29, 1.82) is 0 Å². The van der Waals surface area contributed by atoms with Crippen LogP contribution in [0.15, 0.2) is 48.5 Å². The molecule has 0 bridgehead atoms. The number of para-hydroxylation sites is 1. The Kier molecular flexibility index (Phi) is 3.53. The van der Waals surface area contributed by atoms with Crippen molar-refractivity contribution in [2.75, 3.05) is 0 Å². The second-order valence-corrected chi connectivity index (χ2v) is 5.32. The van der Waals surface area contributed by atoms with E-state index in [9.17, 15) is 9.90 Å². The van der Waals surface area contributed by atoms with Crippen LogP contribution in [0.3, 0.4) is 0 Å². The molecular formula is C17H14ClNO2. The summed E-state index contributed by atoms with van der Waals surface area (Å²) in [6, 6.07) is 14.4. The standard InChI is InChI=1S/C17H14ClNO2/c1-11-15(10-20)14-4-2-3-5-16(14)19(11)17(21)12-6-8-13(18)9-7-12/h2-9,20H,10H2,1H3. The van der Waals surface area contributed by atoms with Crippen LogP contribution in [0.25, 0.3) is 10.9 Å². The molecule has 1 N–H and O–H groups in total. The lowest BCUT2D eigenvalue weighted by Crippen LogP contribution is -2.13. The number of hydrogen-bond donors (Lipinski definition) is 1. The fraction of sp³-hybridized carbons (Fsp3) is 0.118. The molecule has 3 aromatic rings. The molecule has 0 fully saturated rings. The highest BCUT2D eigenvalue weighted by molar-refractivity contribution is 6.30. The van der Waals surface area contributed by atoms with E-state index in [2.05, 4.69) is 0 Å². The van der Waals surface area contributed by atoms with Gasteiger partial charge in [-0.15, -0.1) is 0 Å². The number of fused-ring (bicyclic) bond motifs is 1. The van der Waals surface area contributed by atoms with Crippen molar-refractivity contribution in [2.24, 2.45) is 0 Å². The highest BCUT2D eigenvalue weighted by atomic mass is 35.5. The Bertz CT molecular complexity index is 819. The molecular weight excluding hydrogens is 286 g/mol. The number of carbonyl (C=O) groups is 1. The van der Waals surface area contributed by atoms with E-state index in [-0.39, 0.29) is 12.5 Å². The summed E-state index contributed by atoms with van der Waals surface area (Å²) < 4.78 is 1.64. The molecule has 106 valence electrons. The lowest BCUT2D eigenvalue weighted by atomic mass is 10.1. The Morgan fingerprint density at radius 1 is 1.14 bits per heavy atom. The molecule has 3 rings (SSSR count). The highest BCUT2D eigenvalue weighted by Crippen LogP contribution is 2.27. The van der Waals surface area contributed by atoms with E-state index in [0.717, 1.165) is 22.2 Å². The minimum absolute atomic E-state index is 0.0900. The van der Waals surface area contributed by atoms with Gasteiger partial charge in [-0.1, -0.05) is 29.8 Å². The number of nitrogens with zero attached hydrogens (tertiary/aromatic N) is 1. The van der Waals surface area contributed by atoms with Crippen molar-refractivity contribution < 1.29 is 9.90 Å². The molecule has 0 aliphatic carbocycles. The fourth-order valence-electron chi connectivity index (χ4n) is 2.62. The van der Waals surface area contributed by atoms with Crippen molar-refractivity contribution in [1.82, 2.24) is 4.57 Å². The summed E-state index contributed by atoms with van der Waals surface area (Å²) in [7, 11) is 0. The van der Waals surface area contributed by atoms with Crippen LogP contribution in [0, 0.1) is 6.92 Å². The van der Waals surface area contributed by atoms with Gasteiger partial charge in [-0.05, 0) is 37.3 Å². The van der Waals surface area contributed by atoms with E-state index in [1.807, 2.05) is 31.2 Å². The lowest BCUT2D eigenvalue weighted by molar-refractivity contribution is 0.0962. The molecule has 0 radical (unpaired) electrons. The van der Waals surface area contributed by atoms with Crippen LogP contribution >= 0.6 is 11.6 Å². The summed E-state index contributed by atoms with van der Waals surface area (Å²) in [5, 5.41) is 11.1. The van der Waals surface area contributed by atoms with Crippen molar-refractivity contribution in [3.63, 3.8) is 0 Å². The van der Waals surface area contributed by atoms with Crippen molar-refractivity contribution in [3.8, 4) is 0 Å². The van der Waals surface area contributed by atoms with Crippen molar-refractivity contribution in [3.05, 3.63) is 70.4 Å². The smallest absolute Gasteiger partial charge is 0.262 e. The van der Waals surface area contributed by atoms with E-state index in [0.29, 0.717) is 10.6 Å². The first-order valence-corrected chi connectivity index (χ1v) is 7.01. The van der Waals surface area contributed by atoms with Crippen LogP contribution in [0.5, 0.6) is 0 Å². The molecule has 0 spiro atoms. The van der Waals surface area contributed by atoms with Gasteiger partial charge in [-0.3, -0.25) is 9.36 Å². The quantitative estimate of drug-likeness (QED) is 0.782. The minimum Gasteiger partial charge on any atom is -0.392 e. The van der Waals surface area contributed by atoms with Crippen LogP contribution in [0.2, 0.25) is 5.02 Å². The third-order valence-electron chi connectivity index (χ3n) is 3.69. The summed E-state index contributed by atoms with van der Waals surface area (Å²) in [5.41, 5.74) is 2.92. The largest absolute Gasteiger partial charge is 0.392 e. The highest BCUT2D eigenvalue weighted by Gasteiger charge is 2.18. The van der Waals surface area contributed by atoms with Gasteiger partial charge in [-0.25, -0.2) is 0 Å². The van der Waals surface area contributed by atoms with E-state index >= 15 is 0 Å². The van der Waals surface area contributed by atoms with Gasteiger partial charge in [0.25, 0.3) is 5.91 Å². The Morgan fingerprint density at radius 2 is 1.81 bits per heavy atom. The zero-order valence-electron chi connectivity index (χ0n) is 11.5. The van der Waals surface area contributed by atoms with Gasteiger partial charge in [-0.2, -0.15) is 0 Å². The van der Waals surface area contributed by atoms with E-state index in [1.54, 1.807) is 28.8 Å². The van der Waals surface area contributed by atoms with Crippen LogP contribution in [-0.4, -0.2) is 15.6 Å². The summed E-state index contributed by atoms with van der Waals surface area (Å²) in [4.78, 5) is 12.8. The van der Waals surface area contributed by atoms with E-state index in [1.165, 1.54) is 0 Å². The minimum atomic E-state index is -0.125. The predicted octanol–water partition coefficient (Wildman–Crippen LogP) is 3.78. The Labute approximate surface area is 127 Å². The van der Waals surface area contributed by atoms with Gasteiger partial charge >= 0.3 is 0 Å². The molecule has 0 amide bonds. The summed E-state index contributed by atoms with van der Waals surface area (Å²) in [5.74, 6) is -0.125. The monoisotopic (exact) mass is 299 g/mol. The normalized spacial score (nSPS) is 11.0. The number of aromatic nitrogens is 1. The Balaban J connectivity index is 2.22. The number of carbonyl (C=O) groups excluding carboxylic acids is 1. The number of halogens is 1. The molecule has 2 aromatic carbocycles. The maximum Gasteiger partial charge on any atom is 0.262 e. The zero-order valence-corrected chi connectivity index (χ0v) is 12.3. The molecule has 4 heteroatoms. The summed E-state index contributed by atoms with van der Waals surface area (Å²) >= 11 is 5.86. The number of aliphatic hydroxyl groups excluding tert-OH is 1. The third-order valence-corrected chi connectivity index (χ3v) is 3.95. The molecule has 0 saturated carbocycles. The van der Waals surface area contributed by atoms with Gasteiger partial charge in [0, 0.05) is 27.2 Å². The van der Waals surface area contributed by atoms with Crippen LogP contribution < -0.4 is 0 Å². The molecule has 1 heterocycles. The Morgan fingerprint density at radius 3 is 2.48 bits per heavy atom. The number of aliphatic hydroxyl groups is 1. The maximum atomic E-state index is 12.8. The summed E-state index contributed by atoms with van der Waals surface area (Å²) in [6.07, 6.45) is 0. The fourth-order valence-corrected chi connectivity index (χ4v) is 2.74. The first-order chi connectivity index (χ1) is 10.1. The molecule has 0 aliphatic heterocycles. The summed E-state index contributed by atoms with van der Waals surface area (Å²) in [6.45, 7) is 1.76.